The van der Waals surface area contributed by atoms with Gasteiger partial charge in [0.1, 0.15) is 0 Å². The number of benzene rings is 1. The molecule has 2 rings (SSSR count). The van der Waals surface area contributed by atoms with Crippen LogP contribution in [0.15, 0.2) is 42.7 Å². The van der Waals surface area contributed by atoms with Crippen molar-refractivity contribution < 1.29 is 10.0 Å². The average molecular weight is 246 g/mol. The van der Waals surface area contributed by atoms with Gasteiger partial charge in [-0.05, 0) is 24.1 Å². The van der Waals surface area contributed by atoms with Gasteiger partial charge >= 0.3 is 0 Å². The summed E-state index contributed by atoms with van der Waals surface area (Å²) in [5.41, 5.74) is 1.93. The molecular formula is C13H14N2O3. The van der Waals surface area contributed by atoms with Crippen LogP contribution in [0.1, 0.15) is 24.2 Å². The molecule has 1 aromatic heterocycles. The van der Waals surface area contributed by atoms with Gasteiger partial charge < -0.3 is 9.67 Å². The molecule has 0 aliphatic rings. The van der Waals surface area contributed by atoms with Gasteiger partial charge in [-0.3, -0.25) is 10.1 Å². The van der Waals surface area contributed by atoms with Crippen molar-refractivity contribution in [1.29, 1.82) is 0 Å². The minimum atomic E-state index is -0.483. The first-order valence-electron chi connectivity index (χ1n) is 5.63. The van der Waals surface area contributed by atoms with E-state index in [1.807, 2.05) is 23.0 Å². The summed E-state index contributed by atoms with van der Waals surface area (Å²) in [6.45, 7) is 2.34. The second kappa shape index (κ2) is 5.01. The van der Waals surface area contributed by atoms with Crippen molar-refractivity contribution in [1.82, 2.24) is 4.57 Å². The molecule has 1 atom stereocenters. The molecule has 1 unspecified atom stereocenters. The highest BCUT2D eigenvalue weighted by molar-refractivity contribution is 5.33. The number of hydrogen-bond acceptors (Lipinski definition) is 3. The topological polar surface area (TPSA) is 68.3 Å². The van der Waals surface area contributed by atoms with E-state index in [1.54, 1.807) is 19.1 Å². The smallest absolute Gasteiger partial charge is 0.269 e. The van der Waals surface area contributed by atoms with Crippen molar-refractivity contribution in [2.75, 3.05) is 0 Å². The number of nitrogens with zero attached hydrogens (tertiary/aromatic N) is 2. The molecule has 0 saturated carbocycles. The maximum atomic E-state index is 10.5. The monoisotopic (exact) mass is 246 g/mol. The number of nitro benzene ring substituents is 1. The molecule has 5 nitrogen and oxygen atoms in total. The second-order valence-electron chi connectivity index (χ2n) is 4.22. The van der Waals surface area contributed by atoms with Crippen LogP contribution in [0.2, 0.25) is 0 Å². The summed E-state index contributed by atoms with van der Waals surface area (Å²) in [6.07, 6.45) is 3.26. The maximum Gasteiger partial charge on any atom is 0.269 e. The largest absolute Gasteiger partial charge is 0.389 e. The molecule has 0 bridgehead atoms. The molecule has 5 heteroatoms. The van der Waals surface area contributed by atoms with E-state index in [1.165, 1.54) is 12.1 Å². The lowest BCUT2D eigenvalue weighted by Crippen LogP contribution is -1.97. The van der Waals surface area contributed by atoms with Gasteiger partial charge in [0.05, 0.1) is 11.0 Å². The van der Waals surface area contributed by atoms with Crippen LogP contribution >= 0.6 is 0 Å². The summed E-state index contributed by atoms with van der Waals surface area (Å²) >= 11 is 0. The van der Waals surface area contributed by atoms with Crippen LogP contribution in [0, 0.1) is 10.1 Å². The molecule has 94 valence electrons. The van der Waals surface area contributed by atoms with Crippen molar-refractivity contribution in [3.8, 4) is 0 Å². The van der Waals surface area contributed by atoms with Crippen LogP contribution < -0.4 is 0 Å². The van der Waals surface area contributed by atoms with Crippen LogP contribution in [0.5, 0.6) is 0 Å². The quantitative estimate of drug-likeness (QED) is 0.665. The minimum Gasteiger partial charge on any atom is -0.389 e. The zero-order valence-electron chi connectivity index (χ0n) is 9.98. The van der Waals surface area contributed by atoms with Gasteiger partial charge in [0.25, 0.3) is 5.69 Å². The van der Waals surface area contributed by atoms with Crippen molar-refractivity contribution in [2.45, 2.75) is 19.6 Å². The third kappa shape index (κ3) is 2.75. The Balaban J connectivity index is 2.10. The first-order valence-corrected chi connectivity index (χ1v) is 5.63. The van der Waals surface area contributed by atoms with E-state index in [0.29, 0.717) is 6.54 Å². The molecule has 1 aromatic carbocycles. The first kappa shape index (κ1) is 12.3. The van der Waals surface area contributed by atoms with Gasteiger partial charge in [0.15, 0.2) is 0 Å². The fraction of sp³-hybridized carbons (Fsp3) is 0.231. The Morgan fingerprint density at radius 1 is 1.33 bits per heavy atom. The van der Waals surface area contributed by atoms with Crippen LogP contribution in [0.3, 0.4) is 0 Å². The normalized spacial score (nSPS) is 12.3. The van der Waals surface area contributed by atoms with Crippen LogP contribution in [-0.4, -0.2) is 14.6 Å². The van der Waals surface area contributed by atoms with Gasteiger partial charge in [-0.2, -0.15) is 0 Å². The van der Waals surface area contributed by atoms with E-state index in [-0.39, 0.29) is 5.69 Å². The van der Waals surface area contributed by atoms with Gasteiger partial charge in [-0.25, -0.2) is 0 Å². The Morgan fingerprint density at radius 3 is 2.50 bits per heavy atom. The fourth-order valence-electron chi connectivity index (χ4n) is 1.74. The van der Waals surface area contributed by atoms with E-state index in [0.717, 1.165) is 11.1 Å². The maximum absolute atomic E-state index is 10.5. The molecule has 0 aliphatic carbocycles. The van der Waals surface area contributed by atoms with Crippen molar-refractivity contribution >= 4 is 5.69 Å². The number of rotatable bonds is 4. The van der Waals surface area contributed by atoms with E-state index >= 15 is 0 Å². The van der Waals surface area contributed by atoms with E-state index in [9.17, 15) is 15.2 Å². The zero-order valence-corrected chi connectivity index (χ0v) is 9.98. The number of nitro groups is 1. The Labute approximate surface area is 104 Å². The molecule has 1 N–H and O–H groups in total. The molecular weight excluding hydrogens is 232 g/mol. The summed E-state index contributed by atoms with van der Waals surface area (Å²) < 4.78 is 1.93. The Kier molecular flexibility index (Phi) is 3.43. The molecule has 2 aromatic rings. The molecule has 0 aliphatic heterocycles. The molecule has 0 spiro atoms. The van der Waals surface area contributed by atoms with Crippen molar-refractivity contribution in [2.24, 2.45) is 0 Å². The first-order chi connectivity index (χ1) is 8.56. The highest BCUT2D eigenvalue weighted by atomic mass is 16.6. The van der Waals surface area contributed by atoms with Crippen molar-refractivity contribution in [3.63, 3.8) is 0 Å². The summed E-state index contributed by atoms with van der Waals surface area (Å²) in [4.78, 5) is 10.1. The number of non-ortho nitro benzene ring substituents is 1. The predicted molar refractivity (Wildman–Crippen MR) is 67.3 cm³/mol. The number of aliphatic hydroxyl groups excluding tert-OH is 1. The van der Waals surface area contributed by atoms with Gasteiger partial charge in [0, 0.05) is 31.1 Å². The Hall–Kier alpha value is -2.14. The molecule has 0 radical (unpaired) electrons. The molecule has 1 heterocycles. The summed E-state index contributed by atoms with van der Waals surface area (Å²) in [6, 6.07) is 8.32. The van der Waals surface area contributed by atoms with E-state index in [4.69, 9.17) is 0 Å². The summed E-state index contributed by atoms with van der Waals surface area (Å²) in [5.74, 6) is 0. The Morgan fingerprint density at radius 2 is 2.00 bits per heavy atom. The highest BCUT2D eigenvalue weighted by Gasteiger charge is 2.05. The van der Waals surface area contributed by atoms with Crippen LogP contribution in [0.25, 0.3) is 0 Å². The molecule has 0 fully saturated rings. The molecule has 18 heavy (non-hydrogen) atoms. The highest BCUT2D eigenvalue weighted by Crippen LogP contribution is 2.15. The second-order valence-corrected chi connectivity index (χ2v) is 4.22. The molecule has 0 saturated heterocycles. The van der Waals surface area contributed by atoms with Gasteiger partial charge in [-0.15, -0.1) is 0 Å². The fourth-order valence-corrected chi connectivity index (χ4v) is 1.74. The third-order valence-electron chi connectivity index (χ3n) is 2.77. The molecule has 0 amide bonds. The lowest BCUT2D eigenvalue weighted by molar-refractivity contribution is -0.384. The Bertz CT molecular complexity index is 544. The number of aliphatic hydroxyl groups is 1. The van der Waals surface area contributed by atoms with E-state index in [2.05, 4.69) is 0 Å². The zero-order chi connectivity index (χ0) is 13.1. The van der Waals surface area contributed by atoms with Crippen molar-refractivity contribution in [3.05, 3.63) is 64.0 Å². The summed E-state index contributed by atoms with van der Waals surface area (Å²) in [5, 5.41) is 19.9. The lowest BCUT2D eigenvalue weighted by Gasteiger charge is -2.03. The van der Waals surface area contributed by atoms with E-state index < -0.39 is 11.0 Å². The van der Waals surface area contributed by atoms with Crippen LogP contribution in [-0.2, 0) is 6.54 Å². The van der Waals surface area contributed by atoms with Crippen LogP contribution in [0.4, 0.5) is 5.69 Å². The predicted octanol–water partition coefficient (Wildman–Crippen LogP) is 2.50. The minimum absolute atomic E-state index is 0.0934. The van der Waals surface area contributed by atoms with Gasteiger partial charge in [-0.1, -0.05) is 12.1 Å². The standard InChI is InChI=1S/C13H14N2O3/c1-10(16)12-6-7-14(9-12)8-11-2-4-13(5-3-11)15(17)18/h2-7,9-10,16H,8H2,1H3. The lowest BCUT2D eigenvalue weighted by atomic mass is 10.2. The summed E-state index contributed by atoms with van der Waals surface area (Å²) in [7, 11) is 0. The average Bonchev–Trinajstić information content (AvgIpc) is 2.78. The number of hydrogen-bond donors (Lipinski definition) is 1. The SMILES string of the molecule is CC(O)c1ccn(Cc2ccc([N+](=O)[O-])cc2)c1. The van der Waals surface area contributed by atoms with Gasteiger partial charge in [0.2, 0.25) is 0 Å². The third-order valence-corrected chi connectivity index (χ3v) is 2.77. The number of aromatic nitrogens is 1.